The van der Waals surface area contributed by atoms with Crippen LogP contribution in [-0.4, -0.2) is 23.3 Å². The van der Waals surface area contributed by atoms with Crippen LogP contribution in [0.5, 0.6) is 0 Å². The molecular weight excluding hydrogens is 339 g/mol. The van der Waals surface area contributed by atoms with Gasteiger partial charge in [0.1, 0.15) is 0 Å². The maximum absolute atomic E-state index is 12.9. The monoisotopic (exact) mass is 355 g/mol. The summed E-state index contributed by atoms with van der Waals surface area (Å²) < 4.78 is 38.7. The Morgan fingerprint density at radius 2 is 1.71 bits per heavy atom. The Morgan fingerprint density at radius 1 is 1.08 bits per heavy atom. The Morgan fingerprint density at radius 3 is 2.38 bits per heavy atom. The largest absolute Gasteiger partial charge is 0.416 e. The molecule has 3 nitrogen and oxygen atoms in total. The van der Waals surface area contributed by atoms with E-state index < -0.39 is 17.8 Å². The fraction of sp³-hybridized carbons (Fsp3) is 0.235. The second-order valence-corrected chi connectivity index (χ2v) is 6.06. The number of carbonyl (C=O) groups is 1. The van der Waals surface area contributed by atoms with Crippen molar-refractivity contribution in [1.29, 1.82) is 0 Å². The van der Waals surface area contributed by atoms with Gasteiger partial charge in [-0.3, -0.25) is 4.79 Å². The van der Waals surface area contributed by atoms with Crippen molar-refractivity contribution in [2.75, 3.05) is 12.3 Å². The standard InChI is InChI=1S/C17H16F3NO2S/c18-17(19,20)14-9-5-4-8-13(14)15(22)10-21-16(23)11-24-12-6-2-1-3-7-12/h1-9,15,22H,10-11H2,(H,21,23). The molecule has 24 heavy (non-hydrogen) atoms. The van der Waals surface area contributed by atoms with Gasteiger partial charge >= 0.3 is 6.18 Å². The number of aliphatic hydroxyl groups is 1. The lowest BCUT2D eigenvalue weighted by atomic mass is 10.0. The van der Waals surface area contributed by atoms with Gasteiger partial charge in [0.15, 0.2) is 0 Å². The maximum Gasteiger partial charge on any atom is 0.416 e. The SMILES string of the molecule is O=C(CSc1ccccc1)NCC(O)c1ccccc1C(F)(F)F. The molecule has 0 spiro atoms. The van der Waals surface area contributed by atoms with E-state index in [1.54, 1.807) is 0 Å². The first-order valence-corrected chi connectivity index (χ1v) is 8.15. The van der Waals surface area contributed by atoms with Crippen LogP contribution in [0.3, 0.4) is 0 Å². The molecule has 0 saturated heterocycles. The van der Waals surface area contributed by atoms with Crippen LogP contribution in [0.4, 0.5) is 13.2 Å². The number of aliphatic hydroxyl groups excluding tert-OH is 1. The van der Waals surface area contributed by atoms with E-state index in [4.69, 9.17) is 0 Å². The molecule has 0 radical (unpaired) electrons. The van der Waals surface area contributed by atoms with Crippen molar-refractivity contribution in [3.05, 3.63) is 65.7 Å². The molecule has 1 unspecified atom stereocenters. The predicted molar refractivity (Wildman–Crippen MR) is 86.6 cm³/mol. The Labute approximate surface area is 141 Å². The number of nitrogens with one attached hydrogen (secondary N) is 1. The van der Waals surface area contributed by atoms with Crippen LogP contribution in [-0.2, 0) is 11.0 Å². The van der Waals surface area contributed by atoms with Crippen molar-refractivity contribution in [1.82, 2.24) is 5.32 Å². The first-order valence-electron chi connectivity index (χ1n) is 7.16. The fourth-order valence-corrected chi connectivity index (χ4v) is 2.83. The van der Waals surface area contributed by atoms with Gasteiger partial charge in [-0.15, -0.1) is 11.8 Å². The summed E-state index contributed by atoms with van der Waals surface area (Å²) in [5, 5.41) is 12.4. The van der Waals surface area contributed by atoms with Crippen molar-refractivity contribution in [3.63, 3.8) is 0 Å². The average Bonchev–Trinajstić information content (AvgIpc) is 2.58. The van der Waals surface area contributed by atoms with Crippen molar-refractivity contribution in [2.45, 2.75) is 17.2 Å². The molecule has 0 saturated carbocycles. The van der Waals surface area contributed by atoms with E-state index in [0.717, 1.165) is 11.0 Å². The Kier molecular flexibility index (Phi) is 6.28. The van der Waals surface area contributed by atoms with Crippen molar-refractivity contribution in [3.8, 4) is 0 Å². The third-order valence-electron chi connectivity index (χ3n) is 3.23. The molecule has 0 aromatic heterocycles. The van der Waals surface area contributed by atoms with E-state index in [0.29, 0.717) is 0 Å². The lowest BCUT2D eigenvalue weighted by Crippen LogP contribution is -2.30. The minimum atomic E-state index is -4.55. The van der Waals surface area contributed by atoms with Gasteiger partial charge in [-0.1, -0.05) is 36.4 Å². The number of hydrogen-bond acceptors (Lipinski definition) is 3. The van der Waals surface area contributed by atoms with E-state index in [9.17, 15) is 23.1 Å². The highest BCUT2D eigenvalue weighted by molar-refractivity contribution is 8.00. The highest BCUT2D eigenvalue weighted by Crippen LogP contribution is 2.34. The summed E-state index contributed by atoms with van der Waals surface area (Å²) in [5.74, 6) is -0.232. The lowest BCUT2D eigenvalue weighted by Gasteiger charge is -2.17. The van der Waals surface area contributed by atoms with Gasteiger partial charge in [-0.25, -0.2) is 0 Å². The van der Waals surface area contributed by atoms with E-state index in [1.807, 2.05) is 30.3 Å². The van der Waals surface area contributed by atoms with Crippen LogP contribution >= 0.6 is 11.8 Å². The summed E-state index contributed by atoms with van der Waals surface area (Å²) in [6.45, 7) is -0.277. The quantitative estimate of drug-likeness (QED) is 0.778. The number of amides is 1. The highest BCUT2D eigenvalue weighted by Gasteiger charge is 2.34. The molecule has 0 aliphatic rings. The van der Waals surface area contributed by atoms with Crippen molar-refractivity contribution in [2.24, 2.45) is 0 Å². The lowest BCUT2D eigenvalue weighted by molar-refractivity contribution is -0.139. The number of hydrogen-bond donors (Lipinski definition) is 2. The Hall–Kier alpha value is -1.99. The number of halogens is 3. The van der Waals surface area contributed by atoms with Gasteiger partial charge in [-0.2, -0.15) is 13.2 Å². The second kappa shape index (κ2) is 8.21. The summed E-state index contributed by atoms with van der Waals surface area (Å²) in [5.41, 5.74) is -1.15. The van der Waals surface area contributed by atoms with E-state index >= 15 is 0 Å². The summed E-state index contributed by atoms with van der Waals surface area (Å²) in [7, 11) is 0. The minimum Gasteiger partial charge on any atom is -0.387 e. The average molecular weight is 355 g/mol. The number of rotatable bonds is 6. The minimum absolute atomic E-state index is 0.123. The highest BCUT2D eigenvalue weighted by atomic mass is 32.2. The van der Waals surface area contributed by atoms with Gasteiger partial charge in [0, 0.05) is 11.4 Å². The molecule has 0 aliphatic carbocycles. The van der Waals surface area contributed by atoms with Crippen LogP contribution < -0.4 is 5.32 Å². The molecule has 0 heterocycles. The maximum atomic E-state index is 12.9. The molecule has 1 atom stereocenters. The fourth-order valence-electron chi connectivity index (χ4n) is 2.08. The molecule has 128 valence electrons. The van der Waals surface area contributed by atoms with Crippen molar-refractivity contribution >= 4 is 17.7 Å². The van der Waals surface area contributed by atoms with Crippen molar-refractivity contribution < 1.29 is 23.1 Å². The molecule has 1 amide bonds. The summed E-state index contributed by atoms with van der Waals surface area (Å²) >= 11 is 1.31. The second-order valence-electron chi connectivity index (χ2n) is 5.01. The summed E-state index contributed by atoms with van der Waals surface area (Å²) in [6.07, 6.45) is -5.97. The van der Waals surface area contributed by atoms with Gasteiger partial charge in [0.05, 0.1) is 17.4 Å². The number of alkyl halides is 3. The van der Waals surface area contributed by atoms with Gasteiger partial charge < -0.3 is 10.4 Å². The predicted octanol–water partition coefficient (Wildman–Crippen LogP) is 3.65. The first kappa shape index (κ1) is 18.4. The molecular formula is C17H16F3NO2S. The van der Waals surface area contributed by atoms with Crippen LogP contribution in [0.15, 0.2) is 59.5 Å². The van der Waals surface area contributed by atoms with Gasteiger partial charge in [0.2, 0.25) is 5.91 Å². The van der Waals surface area contributed by atoms with E-state index in [-0.39, 0.29) is 23.8 Å². The molecule has 2 aromatic carbocycles. The van der Waals surface area contributed by atoms with E-state index in [1.165, 1.54) is 30.0 Å². The summed E-state index contributed by atoms with van der Waals surface area (Å²) in [6, 6.07) is 14.0. The Bertz CT molecular complexity index is 677. The third kappa shape index (κ3) is 5.28. The zero-order valence-electron chi connectivity index (χ0n) is 12.6. The smallest absolute Gasteiger partial charge is 0.387 e. The van der Waals surface area contributed by atoms with E-state index in [2.05, 4.69) is 5.32 Å². The number of carbonyl (C=O) groups excluding carboxylic acids is 1. The third-order valence-corrected chi connectivity index (χ3v) is 4.24. The summed E-state index contributed by atoms with van der Waals surface area (Å²) in [4.78, 5) is 12.7. The molecule has 2 N–H and O–H groups in total. The number of thioether (sulfide) groups is 1. The van der Waals surface area contributed by atoms with Crippen LogP contribution in [0.25, 0.3) is 0 Å². The first-order chi connectivity index (χ1) is 11.4. The number of benzene rings is 2. The van der Waals surface area contributed by atoms with Crippen LogP contribution in [0.2, 0.25) is 0 Å². The zero-order chi connectivity index (χ0) is 17.6. The Balaban J connectivity index is 1.89. The normalized spacial score (nSPS) is 12.7. The molecule has 0 fully saturated rings. The van der Waals surface area contributed by atoms with Gasteiger partial charge in [0.25, 0.3) is 0 Å². The van der Waals surface area contributed by atoms with Gasteiger partial charge in [-0.05, 0) is 23.8 Å². The van der Waals surface area contributed by atoms with Crippen LogP contribution in [0.1, 0.15) is 17.2 Å². The molecule has 2 rings (SSSR count). The zero-order valence-corrected chi connectivity index (χ0v) is 13.4. The topological polar surface area (TPSA) is 49.3 Å². The molecule has 7 heteroatoms. The molecule has 0 aliphatic heterocycles. The van der Waals surface area contributed by atoms with Crippen LogP contribution in [0, 0.1) is 0 Å². The molecule has 0 bridgehead atoms. The molecule has 2 aromatic rings.